The number of carbonyl (C=O) groups excluding carboxylic acids is 1. The molecule has 0 saturated carbocycles. The molecule has 2 aromatic rings. The molecule has 0 unspecified atom stereocenters. The highest BCUT2D eigenvalue weighted by Gasteiger charge is 2.19. The summed E-state index contributed by atoms with van der Waals surface area (Å²) in [5.74, 6) is 1.44. The predicted molar refractivity (Wildman–Crippen MR) is 97.8 cm³/mol. The first-order valence-electron chi connectivity index (χ1n) is 7.72. The lowest BCUT2D eigenvalue weighted by Crippen LogP contribution is -2.32. The Morgan fingerprint density at radius 2 is 1.75 bits per heavy atom. The quantitative estimate of drug-likeness (QED) is 0.715. The van der Waals surface area contributed by atoms with Crippen molar-refractivity contribution in [3.63, 3.8) is 0 Å². The number of ether oxygens (including phenoxy) is 2. The molecular formula is C19H23NO3S. The molecule has 0 aliphatic heterocycles. The molecule has 0 aliphatic rings. The van der Waals surface area contributed by atoms with Gasteiger partial charge in [-0.3, -0.25) is 4.79 Å². The maximum atomic E-state index is 12.6. The molecule has 0 heterocycles. The lowest BCUT2D eigenvalue weighted by atomic mass is 10.2. The van der Waals surface area contributed by atoms with Gasteiger partial charge >= 0.3 is 0 Å². The zero-order valence-electron chi connectivity index (χ0n) is 14.5. The van der Waals surface area contributed by atoms with Crippen LogP contribution in [0.3, 0.4) is 0 Å². The molecule has 4 nitrogen and oxygen atoms in total. The normalized spacial score (nSPS) is 11.7. The number of carbonyl (C=O) groups is 1. The topological polar surface area (TPSA) is 38.8 Å². The second kappa shape index (κ2) is 8.64. The van der Waals surface area contributed by atoms with Gasteiger partial charge in [0.2, 0.25) is 5.91 Å². The molecule has 2 aromatic carbocycles. The average molecular weight is 345 g/mol. The summed E-state index contributed by atoms with van der Waals surface area (Å²) in [7, 11) is 5.05. The van der Waals surface area contributed by atoms with Crippen LogP contribution in [0.4, 0.5) is 0 Å². The van der Waals surface area contributed by atoms with Gasteiger partial charge < -0.3 is 14.4 Å². The van der Waals surface area contributed by atoms with Crippen LogP contribution in [-0.2, 0) is 11.3 Å². The van der Waals surface area contributed by atoms with Crippen molar-refractivity contribution >= 4 is 17.7 Å². The summed E-state index contributed by atoms with van der Waals surface area (Å²) in [6, 6.07) is 15.7. The minimum atomic E-state index is -0.184. The minimum absolute atomic E-state index is 0.0960. The SMILES string of the molecule is COc1ccc(S[C@H](C)C(=O)N(C)Cc2ccccc2)cc1OC. The first-order chi connectivity index (χ1) is 11.5. The molecule has 0 N–H and O–H groups in total. The fraction of sp³-hybridized carbons (Fsp3) is 0.316. The molecule has 24 heavy (non-hydrogen) atoms. The van der Waals surface area contributed by atoms with Crippen molar-refractivity contribution in [3.05, 3.63) is 54.1 Å². The van der Waals surface area contributed by atoms with E-state index in [2.05, 4.69) is 0 Å². The van der Waals surface area contributed by atoms with Crippen molar-refractivity contribution < 1.29 is 14.3 Å². The van der Waals surface area contributed by atoms with Gasteiger partial charge in [-0.05, 0) is 30.7 Å². The van der Waals surface area contributed by atoms with Gasteiger partial charge in [0.15, 0.2) is 11.5 Å². The summed E-state index contributed by atoms with van der Waals surface area (Å²) in [6.45, 7) is 2.53. The van der Waals surface area contributed by atoms with Gasteiger partial charge in [0.05, 0.1) is 19.5 Å². The number of hydrogen-bond acceptors (Lipinski definition) is 4. The average Bonchev–Trinajstić information content (AvgIpc) is 2.61. The number of thioether (sulfide) groups is 1. The number of nitrogens with zero attached hydrogens (tertiary/aromatic N) is 1. The first kappa shape index (κ1) is 18.2. The van der Waals surface area contributed by atoms with Crippen molar-refractivity contribution in [1.29, 1.82) is 0 Å². The van der Waals surface area contributed by atoms with E-state index in [1.165, 1.54) is 11.8 Å². The summed E-state index contributed by atoms with van der Waals surface area (Å²) < 4.78 is 10.6. The molecule has 0 aromatic heterocycles. The van der Waals surface area contributed by atoms with Gasteiger partial charge in [-0.1, -0.05) is 30.3 Å². The van der Waals surface area contributed by atoms with Crippen LogP contribution in [0.5, 0.6) is 11.5 Å². The van der Waals surface area contributed by atoms with E-state index in [1.807, 2.05) is 62.5 Å². The van der Waals surface area contributed by atoms with Crippen molar-refractivity contribution in [3.8, 4) is 11.5 Å². The zero-order valence-corrected chi connectivity index (χ0v) is 15.3. The highest BCUT2D eigenvalue weighted by Crippen LogP contribution is 2.33. The molecule has 1 atom stereocenters. The first-order valence-corrected chi connectivity index (χ1v) is 8.60. The Morgan fingerprint density at radius 3 is 2.38 bits per heavy atom. The van der Waals surface area contributed by atoms with E-state index in [0.29, 0.717) is 18.0 Å². The van der Waals surface area contributed by atoms with Crippen LogP contribution in [0.15, 0.2) is 53.4 Å². The third-order valence-corrected chi connectivity index (χ3v) is 4.74. The molecule has 0 bridgehead atoms. The van der Waals surface area contributed by atoms with Gasteiger partial charge in [-0.15, -0.1) is 11.8 Å². The standard InChI is InChI=1S/C19H23NO3S/c1-14(19(21)20(2)13-15-8-6-5-7-9-15)24-16-10-11-17(22-3)18(12-16)23-4/h5-12,14H,13H2,1-4H3/t14-/m1/s1. The van der Waals surface area contributed by atoms with Crippen LogP contribution < -0.4 is 9.47 Å². The summed E-state index contributed by atoms with van der Waals surface area (Å²) >= 11 is 1.51. The van der Waals surface area contributed by atoms with E-state index >= 15 is 0 Å². The molecule has 128 valence electrons. The Balaban J connectivity index is 2.00. The lowest BCUT2D eigenvalue weighted by molar-refractivity contribution is -0.129. The van der Waals surface area contributed by atoms with E-state index in [0.717, 1.165) is 10.5 Å². The second-order valence-electron chi connectivity index (χ2n) is 5.46. The molecule has 0 aliphatic carbocycles. The maximum absolute atomic E-state index is 12.6. The molecule has 0 radical (unpaired) electrons. The third-order valence-electron chi connectivity index (χ3n) is 3.65. The van der Waals surface area contributed by atoms with Crippen molar-refractivity contribution in [2.24, 2.45) is 0 Å². The maximum Gasteiger partial charge on any atom is 0.235 e. The number of rotatable bonds is 7. The van der Waals surface area contributed by atoms with Crippen LogP contribution in [0, 0.1) is 0 Å². The summed E-state index contributed by atoms with van der Waals surface area (Å²) in [5, 5.41) is -0.184. The van der Waals surface area contributed by atoms with E-state index in [4.69, 9.17) is 9.47 Å². The van der Waals surface area contributed by atoms with Crippen molar-refractivity contribution in [2.75, 3.05) is 21.3 Å². The number of methoxy groups -OCH3 is 2. The van der Waals surface area contributed by atoms with E-state index in [9.17, 15) is 4.79 Å². The summed E-state index contributed by atoms with van der Waals surface area (Å²) in [6.07, 6.45) is 0. The minimum Gasteiger partial charge on any atom is -0.493 e. The number of amides is 1. The number of benzene rings is 2. The fourth-order valence-corrected chi connectivity index (χ4v) is 3.40. The van der Waals surface area contributed by atoms with Gasteiger partial charge in [-0.25, -0.2) is 0 Å². The Hall–Kier alpha value is -2.14. The Morgan fingerprint density at radius 1 is 1.08 bits per heavy atom. The lowest BCUT2D eigenvalue weighted by Gasteiger charge is -2.21. The smallest absolute Gasteiger partial charge is 0.235 e. The van der Waals surface area contributed by atoms with Gasteiger partial charge in [0.1, 0.15) is 0 Å². The molecule has 0 fully saturated rings. The molecular weight excluding hydrogens is 322 g/mol. The van der Waals surface area contributed by atoms with E-state index in [1.54, 1.807) is 19.1 Å². The Bertz CT molecular complexity index is 676. The number of hydrogen-bond donors (Lipinski definition) is 0. The van der Waals surface area contributed by atoms with Crippen LogP contribution in [-0.4, -0.2) is 37.3 Å². The molecule has 0 spiro atoms. The van der Waals surface area contributed by atoms with Gasteiger partial charge in [0.25, 0.3) is 0 Å². The van der Waals surface area contributed by atoms with Gasteiger partial charge in [0, 0.05) is 18.5 Å². The monoisotopic (exact) mass is 345 g/mol. The van der Waals surface area contributed by atoms with Crippen molar-refractivity contribution in [2.45, 2.75) is 23.6 Å². The van der Waals surface area contributed by atoms with Crippen molar-refractivity contribution in [1.82, 2.24) is 4.90 Å². The highest BCUT2D eigenvalue weighted by molar-refractivity contribution is 8.00. The molecule has 1 amide bonds. The summed E-state index contributed by atoms with van der Waals surface area (Å²) in [5.41, 5.74) is 1.12. The van der Waals surface area contributed by atoms with Crippen LogP contribution >= 0.6 is 11.8 Å². The molecule has 0 saturated heterocycles. The second-order valence-corrected chi connectivity index (χ2v) is 6.87. The molecule has 5 heteroatoms. The molecule has 2 rings (SSSR count). The van der Waals surface area contributed by atoms with Crippen LogP contribution in [0.2, 0.25) is 0 Å². The van der Waals surface area contributed by atoms with Crippen LogP contribution in [0.25, 0.3) is 0 Å². The zero-order chi connectivity index (χ0) is 17.5. The Kier molecular flexibility index (Phi) is 6.55. The van der Waals surface area contributed by atoms with Crippen LogP contribution in [0.1, 0.15) is 12.5 Å². The van der Waals surface area contributed by atoms with E-state index < -0.39 is 0 Å². The fourth-order valence-electron chi connectivity index (χ4n) is 2.39. The third kappa shape index (κ3) is 4.68. The summed E-state index contributed by atoms with van der Waals surface area (Å²) in [4.78, 5) is 15.3. The van der Waals surface area contributed by atoms with Gasteiger partial charge in [-0.2, -0.15) is 0 Å². The van der Waals surface area contributed by atoms with E-state index in [-0.39, 0.29) is 11.2 Å². The largest absolute Gasteiger partial charge is 0.493 e. The Labute approximate surface area is 147 Å². The highest BCUT2D eigenvalue weighted by atomic mass is 32.2. The predicted octanol–water partition coefficient (Wildman–Crippen LogP) is 3.84.